The molecule has 1 radical (unpaired) electrons. The van der Waals surface area contributed by atoms with Crippen LogP contribution in [0.5, 0.6) is 0 Å². The summed E-state index contributed by atoms with van der Waals surface area (Å²) in [5.41, 5.74) is 2.62. The summed E-state index contributed by atoms with van der Waals surface area (Å²) in [5.74, 6) is 0. The molecule has 1 N–H and O–H groups in total. The topological polar surface area (TPSA) is 15.8 Å². The van der Waals surface area contributed by atoms with Crippen molar-refractivity contribution in [3.63, 3.8) is 0 Å². The molecule has 1 heterocycles. The van der Waals surface area contributed by atoms with Crippen LogP contribution in [-0.4, -0.2) is 4.98 Å². The fourth-order valence-corrected chi connectivity index (χ4v) is 0.743. The monoisotopic (exact) mass is 108 g/mol. The Labute approximate surface area is 49.7 Å². The van der Waals surface area contributed by atoms with Crippen molar-refractivity contribution in [3.05, 3.63) is 30.4 Å². The molecule has 0 saturated heterocycles. The molecule has 0 unspecified atom stereocenters. The molecule has 0 amide bonds. The van der Waals surface area contributed by atoms with Gasteiger partial charge in [-0.25, -0.2) is 0 Å². The Morgan fingerprint density at radius 3 is 2.62 bits per heavy atom. The van der Waals surface area contributed by atoms with Gasteiger partial charge in [0.05, 0.1) is 0 Å². The molecule has 0 aliphatic rings. The van der Waals surface area contributed by atoms with Gasteiger partial charge in [-0.05, 0) is 31.4 Å². The van der Waals surface area contributed by atoms with Gasteiger partial charge < -0.3 is 4.98 Å². The van der Waals surface area contributed by atoms with Crippen LogP contribution in [0.2, 0.25) is 0 Å². The van der Waals surface area contributed by atoms with Gasteiger partial charge in [-0.1, -0.05) is 0 Å². The van der Waals surface area contributed by atoms with E-state index in [-0.39, 0.29) is 0 Å². The van der Waals surface area contributed by atoms with Crippen LogP contribution >= 0.6 is 0 Å². The quantitative estimate of drug-likeness (QED) is 0.563. The Morgan fingerprint density at radius 1 is 1.62 bits per heavy atom. The Hall–Kier alpha value is -0.720. The first kappa shape index (κ1) is 5.42. The SMILES string of the molecule is [CH2]Cc1c[nH]cc1C. The molecule has 0 saturated carbocycles. The molecule has 0 atom stereocenters. The standard InChI is InChI=1S/C7H10N/c1-3-7-5-8-4-6(7)2/h4-5,8H,1,3H2,2H3. The van der Waals surface area contributed by atoms with Crippen molar-refractivity contribution in [1.82, 2.24) is 4.98 Å². The molecule has 0 bridgehead atoms. The first-order valence-electron chi connectivity index (χ1n) is 2.76. The second kappa shape index (κ2) is 2.03. The first-order valence-corrected chi connectivity index (χ1v) is 2.76. The van der Waals surface area contributed by atoms with Gasteiger partial charge in [0.25, 0.3) is 0 Å². The van der Waals surface area contributed by atoms with Crippen LogP contribution < -0.4 is 0 Å². The van der Waals surface area contributed by atoms with Gasteiger partial charge in [-0.3, -0.25) is 0 Å². The zero-order valence-electron chi connectivity index (χ0n) is 5.07. The van der Waals surface area contributed by atoms with E-state index in [1.807, 2.05) is 12.4 Å². The molecule has 0 aromatic carbocycles. The minimum atomic E-state index is 0.884. The van der Waals surface area contributed by atoms with Crippen LogP contribution in [0.15, 0.2) is 12.4 Å². The molecule has 1 nitrogen and oxygen atoms in total. The van der Waals surface area contributed by atoms with Crippen molar-refractivity contribution < 1.29 is 0 Å². The minimum absolute atomic E-state index is 0.884. The molecule has 8 heavy (non-hydrogen) atoms. The lowest BCUT2D eigenvalue weighted by atomic mass is 10.2. The van der Waals surface area contributed by atoms with Crippen LogP contribution in [0.3, 0.4) is 0 Å². The summed E-state index contributed by atoms with van der Waals surface area (Å²) in [6, 6.07) is 0. The van der Waals surface area contributed by atoms with Crippen molar-refractivity contribution in [2.45, 2.75) is 13.3 Å². The summed E-state index contributed by atoms with van der Waals surface area (Å²) in [6.07, 6.45) is 4.86. The van der Waals surface area contributed by atoms with Gasteiger partial charge in [-0.2, -0.15) is 0 Å². The maximum absolute atomic E-state index is 3.77. The average molecular weight is 108 g/mol. The highest BCUT2D eigenvalue weighted by molar-refractivity contribution is 5.21. The number of nitrogens with one attached hydrogen (secondary N) is 1. The molecule has 0 aliphatic carbocycles. The summed E-state index contributed by atoms with van der Waals surface area (Å²) in [4.78, 5) is 3.01. The molecule has 0 fully saturated rings. The Bertz CT molecular complexity index is 165. The largest absolute Gasteiger partial charge is 0.367 e. The predicted molar refractivity (Wildman–Crippen MR) is 34.6 cm³/mol. The fraction of sp³-hybridized carbons (Fsp3) is 0.286. The van der Waals surface area contributed by atoms with Gasteiger partial charge in [0.2, 0.25) is 0 Å². The minimum Gasteiger partial charge on any atom is -0.367 e. The fourth-order valence-electron chi connectivity index (χ4n) is 0.743. The highest BCUT2D eigenvalue weighted by atomic mass is 14.6. The van der Waals surface area contributed by atoms with E-state index in [4.69, 9.17) is 0 Å². The molecule has 43 valence electrons. The Balaban J connectivity index is 2.92. The lowest BCUT2D eigenvalue weighted by Crippen LogP contribution is -1.75. The number of hydrogen-bond donors (Lipinski definition) is 1. The Morgan fingerprint density at radius 2 is 2.38 bits per heavy atom. The van der Waals surface area contributed by atoms with Gasteiger partial charge in [0.15, 0.2) is 0 Å². The summed E-state index contributed by atoms with van der Waals surface area (Å²) in [5, 5.41) is 0. The molecular formula is C7H10N. The lowest BCUT2D eigenvalue weighted by molar-refractivity contribution is 1.24. The normalized spacial score (nSPS) is 9.75. The predicted octanol–water partition coefficient (Wildman–Crippen LogP) is 1.70. The van der Waals surface area contributed by atoms with Crippen molar-refractivity contribution in [3.8, 4) is 0 Å². The van der Waals surface area contributed by atoms with Gasteiger partial charge >= 0.3 is 0 Å². The van der Waals surface area contributed by atoms with Gasteiger partial charge in [-0.15, -0.1) is 0 Å². The van der Waals surface area contributed by atoms with E-state index in [0.29, 0.717) is 0 Å². The summed E-state index contributed by atoms with van der Waals surface area (Å²) >= 11 is 0. The smallest absolute Gasteiger partial charge is 0.00400 e. The zero-order valence-corrected chi connectivity index (χ0v) is 5.07. The van der Waals surface area contributed by atoms with Crippen LogP contribution in [0.25, 0.3) is 0 Å². The maximum atomic E-state index is 3.77. The van der Waals surface area contributed by atoms with Crippen LogP contribution in [0.4, 0.5) is 0 Å². The van der Waals surface area contributed by atoms with Crippen molar-refractivity contribution >= 4 is 0 Å². The third kappa shape index (κ3) is 0.760. The number of hydrogen-bond acceptors (Lipinski definition) is 0. The lowest BCUT2D eigenvalue weighted by Gasteiger charge is -1.87. The molecule has 1 rings (SSSR count). The molecule has 0 aliphatic heterocycles. The molecule has 1 heteroatoms. The molecule has 1 aromatic rings. The number of H-pyrrole nitrogens is 1. The highest BCUT2D eigenvalue weighted by Crippen LogP contribution is 2.04. The average Bonchev–Trinajstić information content (AvgIpc) is 2.14. The number of aromatic amines is 1. The molecular weight excluding hydrogens is 98.1 g/mol. The highest BCUT2D eigenvalue weighted by Gasteiger charge is 1.91. The van der Waals surface area contributed by atoms with E-state index < -0.39 is 0 Å². The molecule has 0 spiro atoms. The van der Waals surface area contributed by atoms with Crippen LogP contribution in [0, 0.1) is 13.8 Å². The maximum Gasteiger partial charge on any atom is 0.00400 e. The van der Waals surface area contributed by atoms with E-state index in [0.717, 1.165) is 6.42 Å². The van der Waals surface area contributed by atoms with E-state index in [9.17, 15) is 0 Å². The van der Waals surface area contributed by atoms with E-state index in [1.165, 1.54) is 11.1 Å². The second-order valence-corrected chi connectivity index (χ2v) is 1.91. The zero-order chi connectivity index (χ0) is 5.98. The van der Waals surface area contributed by atoms with Gasteiger partial charge in [0, 0.05) is 12.4 Å². The third-order valence-electron chi connectivity index (χ3n) is 1.33. The van der Waals surface area contributed by atoms with E-state index in [1.54, 1.807) is 0 Å². The Kier molecular flexibility index (Phi) is 1.38. The number of aromatic nitrogens is 1. The second-order valence-electron chi connectivity index (χ2n) is 1.91. The van der Waals surface area contributed by atoms with Crippen LogP contribution in [-0.2, 0) is 6.42 Å². The summed E-state index contributed by atoms with van der Waals surface area (Å²) in [6.45, 7) is 5.85. The number of aryl methyl sites for hydroxylation is 1. The van der Waals surface area contributed by atoms with Crippen molar-refractivity contribution in [2.75, 3.05) is 0 Å². The summed E-state index contributed by atoms with van der Waals surface area (Å²) < 4.78 is 0. The number of rotatable bonds is 1. The van der Waals surface area contributed by atoms with Crippen molar-refractivity contribution in [1.29, 1.82) is 0 Å². The first-order chi connectivity index (χ1) is 3.84. The van der Waals surface area contributed by atoms with E-state index in [2.05, 4.69) is 18.8 Å². The van der Waals surface area contributed by atoms with Crippen molar-refractivity contribution in [2.24, 2.45) is 0 Å². The van der Waals surface area contributed by atoms with Crippen LogP contribution in [0.1, 0.15) is 11.1 Å². The van der Waals surface area contributed by atoms with E-state index >= 15 is 0 Å². The molecule has 1 aromatic heterocycles. The third-order valence-corrected chi connectivity index (χ3v) is 1.33. The van der Waals surface area contributed by atoms with Gasteiger partial charge in [0.1, 0.15) is 0 Å². The summed E-state index contributed by atoms with van der Waals surface area (Å²) in [7, 11) is 0.